The lowest BCUT2D eigenvalue weighted by atomic mass is 10.0. The molecule has 0 radical (unpaired) electrons. The Morgan fingerprint density at radius 2 is 2.14 bits per heavy atom. The molecular weight excluding hydrogens is 351 g/mol. The van der Waals surface area contributed by atoms with E-state index in [1.54, 1.807) is 17.8 Å². The molecule has 1 atom stereocenters. The van der Waals surface area contributed by atoms with Gasteiger partial charge in [-0.2, -0.15) is 18.3 Å². The van der Waals surface area contributed by atoms with Crippen LogP contribution in [0.3, 0.4) is 0 Å². The van der Waals surface area contributed by atoms with Gasteiger partial charge < -0.3 is 0 Å². The molecule has 114 valence electrons. The van der Waals surface area contributed by atoms with Gasteiger partial charge in [0.05, 0.1) is 11.6 Å². The summed E-state index contributed by atoms with van der Waals surface area (Å²) in [5.74, 6) is 6.09. The first-order valence-corrected chi connectivity index (χ1v) is 6.78. The zero-order valence-electron chi connectivity index (χ0n) is 11.0. The van der Waals surface area contributed by atoms with Crippen LogP contribution in [0.1, 0.15) is 23.0 Å². The van der Waals surface area contributed by atoms with E-state index < -0.39 is 17.8 Å². The summed E-state index contributed by atoms with van der Waals surface area (Å²) in [4.78, 5) is 4.04. The topological polar surface area (TPSA) is 68.8 Å². The number of aromatic nitrogens is 3. The average Bonchev–Trinajstić information content (AvgIpc) is 2.81. The number of nitrogens with one attached hydrogen (secondary N) is 1. The third kappa shape index (κ3) is 3.60. The molecule has 1 aromatic heterocycles. The van der Waals surface area contributed by atoms with Gasteiger partial charge in [0.25, 0.3) is 0 Å². The highest BCUT2D eigenvalue weighted by Crippen LogP contribution is 2.36. The number of alkyl halides is 3. The van der Waals surface area contributed by atoms with Crippen LogP contribution in [0.2, 0.25) is 0 Å². The zero-order valence-corrected chi connectivity index (χ0v) is 12.6. The fraction of sp³-hybridized carbons (Fsp3) is 0.333. The van der Waals surface area contributed by atoms with Crippen LogP contribution in [0.4, 0.5) is 13.2 Å². The minimum atomic E-state index is -4.43. The standard InChI is InChI=1S/C12H13BrF3N5/c1-21-11(18-6-19-21)5-10(20-17)7-2-3-9(13)8(4-7)12(14,15)16/h2-4,6,10,20H,5,17H2,1H3. The Bertz CT molecular complexity index is 626. The number of benzene rings is 1. The Kier molecular flexibility index (Phi) is 4.64. The lowest BCUT2D eigenvalue weighted by molar-refractivity contribution is -0.138. The molecule has 0 aliphatic heterocycles. The van der Waals surface area contributed by atoms with Crippen LogP contribution in [0.25, 0.3) is 0 Å². The van der Waals surface area contributed by atoms with Crippen molar-refractivity contribution in [3.05, 3.63) is 46.0 Å². The van der Waals surface area contributed by atoms with E-state index in [0.717, 1.165) is 6.07 Å². The summed E-state index contributed by atoms with van der Waals surface area (Å²) in [5.41, 5.74) is 2.21. The lowest BCUT2D eigenvalue weighted by Crippen LogP contribution is -2.30. The van der Waals surface area contributed by atoms with Crippen LogP contribution >= 0.6 is 15.9 Å². The monoisotopic (exact) mass is 363 g/mol. The summed E-state index contributed by atoms with van der Waals surface area (Å²) in [6.07, 6.45) is -2.73. The fourth-order valence-electron chi connectivity index (χ4n) is 1.94. The van der Waals surface area contributed by atoms with E-state index in [1.165, 1.54) is 12.4 Å². The molecule has 2 rings (SSSR count). The van der Waals surface area contributed by atoms with Gasteiger partial charge in [-0.1, -0.05) is 22.0 Å². The van der Waals surface area contributed by atoms with Crippen molar-refractivity contribution in [2.45, 2.75) is 18.6 Å². The van der Waals surface area contributed by atoms with Crippen molar-refractivity contribution >= 4 is 15.9 Å². The summed E-state index contributed by atoms with van der Waals surface area (Å²) in [6, 6.07) is 3.52. The maximum absolute atomic E-state index is 12.9. The summed E-state index contributed by atoms with van der Waals surface area (Å²) in [7, 11) is 1.71. The quantitative estimate of drug-likeness (QED) is 0.646. The molecule has 1 unspecified atom stereocenters. The van der Waals surface area contributed by atoms with Crippen LogP contribution in [0, 0.1) is 0 Å². The Morgan fingerprint density at radius 3 is 2.67 bits per heavy atom. The second-order valence-electron chi connectivity index (χ2n) is 4.46. The minimum absolute atomic E-state index is 0.00632. The Balaban J connectivity index is 2.33. The van der Waals surface area contributed by atoms with E-state index in [4.69, 9.17) is 5.84 Å². The van der Waals surface area contributed by atoms with Crippen LogP contribution < -0.4 is 11.3 Å². The SMILES string of the molecule is Cn1ncnc1CC(NN)c1ccc(Br)c(C(F)(F)F)c1. The van der Waals surface area contributed by atoms with Crippen molar-refractivity contribution in [3.63, 3.8) is 0 Å². The molecule has 3 N–H and O–H groups in total. The van der Waals surface area contributed by atoms with Gasteiger partial charge in [-0.3, -0.25) is 16.0 Å². The third-order valence-electron chi connectivity index (χ3n) is 3.09. The minimum Gasteiger partial charge on any atom is -0.271 e. The Labute approximate surface area is 127 Å². The third-order valence-corrected chi connectivity index (χ3v) is 3.78. The van der Waals surface area contributed by atoms with Crippen LogP contribution in [-0.4, -0.2) is 14.8 Å². The second-order valence-corrected chi connectivity index (χ2v) is 5.31. The maximum Gasteiger partial charge on any atom is 0.417 e. The number of rotatable bonds is 4. The van der Waals surface area contributed by atoms with Gasteiger partial charge in [0.2, 0.25) is 0 Å². The maximum atomic E-state index is 12.9. The normalized spacial score (nSPS) is 13.4. The van der Waals surface area contributed by atoms with Gasteiger partial charge in [0.15, 0.2) is 0 Å². The summed E-state index contributed by atoms with van der Waals surface area (Å²) in [5, 5.41) is 3.92. The average molecular weight is 364 g/mol. The van der Waals surface area contributed by atoms with E-state index in [9.17, 15) is 13.2 Å². The van der Waals surface area contributed by atoms with E-state index in [2.05, 4.69) is 31.4 Å². The molecule has 0 aliphatic rings. The number of hydrogen-bond donors (Lipinski definition) is 2. The first-order valence-electron chi connectivity index (χ1n) is 5.98. The molecule has 0 bridgehead atoms. The van der Waals surface area contributed by atoms with E-state index in [0.29, 0.717) is 17.8 Å². The first-order chi connectivity index (χ1) is 9.82. The molecule has 0 spiro atoms. The number of hydrogen-bond acceptors (Lipinski definition) is 4. The van der Waals surface area contributed by atoms with Crippen LogP contribution in [-0.2, 0) is 19.6 Å². The molecule has 2 aromatic rings. The first kappa shape index (κ1) is 15.9. The predicted molar refractivity (Wildman–Crippen MR) is 73.9 cm³/mol. The number of halogens is 4. The van der Waals surface area contributed by atoms with Crippen molar-refractivity contribution in [1.82, 2.24) is 20.2 Å². The zero-order chi connectivity index (χ0) is 15.6. The molecule has 9 heteroatoms. The summed E-state index contributed by atoms with van der Waals surface area (Å²) < 4.78 is 40.3. The number of aryl methyl sites for hydroxylation is 1. The second kappa shape index (κ2) is 6.12. The van der Waals surface area contributed by atoms with Crippen molar-refractivity contribution in [2.75, 3.05) is 0 Å². The van der Waals surface area contributed by atoms with E-state index in [1.807, 2.05) is 0 Å². The van der Waals surface area contributed by atoms with Gasteiger partial charge in [-0.15, -0.1) is 0 Å². The van der Waals surface area contributed by atoms with Gasteiger partial charge >= 0.3 is 6.18 Å². The van der Waals surface area contributed by atoms with E-state index in [-0.39, 0.29) is 4.47 Å². The number of nitrogens with two attached hydrogens (primary N) is 1. The highest BCUT2D eigenvalue weighted by molar-refractivity contribution is 9.10. The van der Waals surface area contributed by atoms with E-state index >= 15 is 0 Å². The van der Waals surface area contributed by atoms with Crippen LogP contribution in [0.5, 0.6) is 0 Å². The molecular formula is C12H13BrF3N5. The predicted octanol–water partition coefficient (Wildman–Crippen LogP) is 2.34. The van der Waals surface area contributed by atoms with Gasteiger partial charge in [-0.05, 0) is 17.7 Å². The molecule has 21 heavy (non-hydrogen) atoms. The molecule has 0 aliphatic carbocycles. The van der Waals surface area contributed by atoms with Crippen molar-refractivity contribution in [3.8, 4) is 0 Å². The molecule has 1 aromatic carbocycles. The molecule has 5 nitrogen and oxygen atoms in total. The Hall–Kier alpha value is -1.45. The molecule has 1 heterocycles. The van der Waals surface area contributed by atoms with Crippen molar-refractivity contribution in [1.29, 1.82) is 0 Å². The van der Waals surface area contributed by atoms with Crippen LogP contribution in [0.15, 0.2) is 29.0 Å². The summed E-state index contributed by atoms with van der Waals surface area (Å²) >= 11 is 2.91. The summed E-state index contributed by atoms with van der Waals surface area (Å²) in [6.45, 7) is 0. The van der Waals surface area contributed by atoms with Gasteiger partial charge in [0.1, 0.15) is 12.2 Å². The molecule has 0 fully saturated rings. The van der Waals surface area contributed by atoms with Gasteiger partial charge in [-0.25, -0.2) is 4.98 Å². The molecule has 0 saturated heterocycles. The number of hydrazine groups is 1. The van der Waals surface area contributed by atoms with Crippen molar-refractivity contribution < 1.29 is 13.2 Å². The molecule has 0 saturated carbocycles. The Morgan fingerprint density at radius 1 is 1.43 bits per heavy atom. The smallest absolute Gasteiger partial charge is 0.271 e. The van der Waals surface area contributed by atoms with Crippen molar-refractivity contribution in [2.24, 2.45) is 12.9 Å². The number of nitrogens with zero attached hydrogens (tertiary/aromatic N) is 3. The molecule has 0 amide bonds. The highest BCUT2D eigenvalue weighted by atomic mass is 79.9. The largest absolute Gasteiger partial charge is 0.417 e. The lowest BCUT2D eigenvalue weighted by Gasteiger charge is -2.18. The fourth-order valence-corrected chi connectivity index (χ4v) is 2.41. The highest BCUT2D eigenvalue weighted by Gasteiger charge is 2.33. The van der Waals surface area contributed by atoms with Gasteiger partial charge in [0, 0.05) is 17.9 Å².